The highest BCUT2D eigenvalue weighted by Gasteiger charge is 2.18. The Kier molecular flexibility index (Phi) is 5.42. The standard InChI is InChI=1S/C17H15NO2S/c1-20-15-9-7-14(8-10-15)17(21-12-18)11-16(19)13-5-3-2-4-6-13/h2-10,17H,11H2,1H3. The zero-order valence-electron chi connectivity index (χ0n) is 11.7. The van der Waals surface area contributed by atoms with E-state index in [2.05, 4.69) is 5.40 Å². The molecule has 2 aromatic carbocycles. The molecule has 0 bridgehead atoms. The second-order valence-electron chi connectivity index (χ2n) is 4.46. The molecule has 0 spiro atoms. The Balaban J connectivity index is 2.15. The van der Waals surface area contributed by atoms with Gasteiger partial charge in [-0.05, 0) is 29.5 Å². The van der Waals surface area contributed by atoms with Gasteiger partial charge in [0.2, 0.25) is 0 Å². The molecule has 21 heavy (non-hydrogen) atoms. The summed E-state index contributed by atoms with van der Waals surface area (Å²) in [5.74, 6) is 0.799. The number of hydrogen-bond acceptors (Lipinski definition) is 4. The Labute approximate surface area is 128 Å². The molecular weight excluding hydrogens is 282 g/mol. The van der Waals surface area contributed by atoms with Crippen LogP contribution in [0.3, 0.4) is 0 Å². The van der Waals surface area contributed by atoms with Crippen LogP contribution in [0.15, 0.2) is 54.6 Å². The molecule has 3 nitrogen and oxygen atoms in total. The Morgan fingerprint density at radius 3 is 2.43 bits per heavy atom. The number of carbonyl (C=O) groups excluding carboxylic acids is 1. The molecule has 106 valence electrons. The average molecular weight is 297 g/mol. The normalized spacial score (nSPS) is 11.4. The van der Waals surface area contributed by atoms with Crippen molar-refractivity contribution in [3.63, 3.8) is 0 Å². The SMILES string of the molecule is COc1ccc(C(CC(=O)c2ccccc2)SC#N)cc1. The summed E-state index contributed by atoms with van der Waals surface area (Å²) in [7, 11) is 1.61. The first kappa shape index (κ1) is 15.1. The van der Waals surface area contributed by atoms with Crippen LogP contribution >= 0.6 is 11.8 Å². The first-order valence-electron chi connectivity index (χ1n) is 6.51. The molecule has 0 aliphatic heterocycles. The molecule has 0 N–H and O–H groups in total. The number of nitrogens with zero attached hydrogens (tertiary/aromatic N) is 1. The van der Waals surface area contributed by atoms with Crippen molar-refractivity contribution < 1.29 is 9.53 Å². The fourth-order valence-electron chi connectivity index (χ4n) is 2.02. The lowest BCUT2D eigenvalue weighted by molar-refractivity contribution is 0.0982. The van der Waals surface area contributed by atoms with Crippen molar-refractivity contribution >= 4 is 17.5 Å². The zero-order chi connectivity index (χ0) is 15.1. The molecule has 0 saturated heterocycles. The van der Waals surface area contributed by atoms with Gasteiger partial charge in [-0.15, -0.1) is 0 Å². The molecule has 1 unspecified atom stereocenters. The monoisotopic (exact) mass is 297 g/mol. The quantitative estimate of drug-likeness (QED) is 0.591. The predicted octanol–water partition coefficient (Wildman–Crippen LogP) is 4.22. The van der Waals surface area contributed by atoms with Crippen molar-refractivity contribution in [3.05, 3.63) is 65.7 Å². The van der Waals surface area contributed by atoms with Crippen LogP contribution in [-0.2, 0) is 0 Å². The minimum Gasteiger partial charge on any atom is -0.497 e. The molecule has 0 fully saturated rings. The van der Waals surface area contributed by atoms with E-state index in [1.165, 1.54) is 0 Å². The number of thioether (sulfide) groups is 1. The van der Waals surface area contributed by atoms with Crippen molar-refractivity contribution in [2.75, 3.05) is 7.11 Å². The molecule has 0 radical (unpaired) electrons. The molecule has 0 aliphatic rings. The van der Waals surface area contributed by atoms with Gasteiger partial charge in [0.25, 0.3) is 0 Å². The van der Waals surface area contributed by atoms with E-state index in [1.807, 2.05) is 42.5 Å². The van der Waals surface area contributed by atoms with Gasteiger partial charge in [0.15, 0.2) is 5.78 Å². The Morgan fingerprint density at radius 1 is 1.19 bits per heavy atom. The van der Waals surface area contributed by atoms with Crippen LogP contribution in [0.4, 0.5) is 0 Å². The van der Waals surface area contributed by atoms with E-state index in [9.17, 15) is 4.79 Å². The van der Waals surface area contributed by atoms with Gasteiger partial charge >= 0.3 is 0 Å². The predicted molar refractivity (Wildman–Crippen MR) is 84.3 cm³/mol. The van der Waals surface area contributed by atoms with E-state index in [0.717, 1.165) is 23.1 Å². The summed E-state index contributed by atoms with van der Waals surface area (Å²) < 4.78 is 5.12. The van der Waals surface area contributed by atoms with Crippen LogP contribution < -0.4 is 4.74 Å². The number of nitriles is 1. The van der Waals surface area contributed by atoms with Crippen molar-refractivity contribution in [1.82, 2.24) is 0 Å². The Hall–Kier alpha value is -2.25. The van der Waals surface area contributed by atoms with Crippen molar-refractivity contribution in [1.29, 1.82) is 5.26 Å². The Morgan fingerprint density at radius 2 is 1.86 bits per heavy atom. The number of ether oxygens (including phenoxy) is 1. The van der Waals surface area contributed by atoms with E-state index in [0.29, 0.717) is 12.0 Å². The average Bonchev–Trinajstić information content (AvgIpc) is 2.55. The van der Waals surface area contributed by atoms with Gasteiger partial charge in [-0.1, -0.05) is 42.5 Å². The lowest BCUT2D eigenvalue weighted by Crippen LogP contribution is -2.05. The highest BCUT2D eigenvalue weighted by atomic mass is 32.2. The zero-order valence-corrected chi connectivity index (χ0v) is 12.5. The third-order valence-electron chi connectivity index (χ3n) is 3.15. The molecule has 0 saturated carbocycles. The molecular formula is C17H15NO2S. The third kappa shape index (κ3) is 4.11. The number of methoxy groups -OCH3 is 1. The van der Waals surface area contributed by atoms with Crippen LogP contribution in [0.2, 0.25) is 0 Å². The van der Waals surface area contributed by atoms with Crippen molar-refractivity contribution in [2.24, 2.45) is 0 Å². The van der Waals surface area contributed by atoms with Gasteiger partial charge < -0.3 is 4.74 Å². The number of Topliss-reactive ketones (excluding diaryl/α,β-unsaturated/α-hetero) is 1. The van der Waals surface area contributed by atoms with Gasteiger partial charge in [0, 0.05) is 12.0 Å². The molecule has 0 heterocycles. The molecule has 0 amide bonds. The van der Waals surface area contributed by atoms with Crippen LogP contribution in [0, 0.1) is 10.7 Å². The summed E-state index contributed by atoms with van der Waals surface area (Å²) in [5, 5.41) is 10.9. The minimum absolute atomic E-state index is 0.0409. The fourth-order valence-corrected chi connectivity index (χ4v) is 2.68. The highest BCUT2D eigenvalue weighted by molar-refractivity contribution is 8.03. The van der Waals surface area contributed by atoms with E-state index < -0.39 is 0 Å². The summed E-state index contributed by atoms with van der Waals surface area (Å²) in [5.41, 5.74) is 1.63. The molecule has 0 aliphatic carbocycles. The van der Waals surface area contributed by atoms with Crippen molar-refractivity contribution in [3.8, 4) is 11.2 Å². The molecule has 1 atom stereocenters. The smallest absolute Gasteiger partial charge is 0.164 e. The van der Waals surface area contributed by atoms with E-state index in [1.54, 1.807) is 19.2 Å². The van der Waals surface area contributed by atoms with E-state index in [-0.39, 0.29) is 11.0 Å². The maximum Gasteiger partial charge on any atom is 0.164 e. The minimum atomic E-state index is -0.173. The second-order valence-corrected chi connectivity index (χ2v) is 5.45. The van der Waals surface area contributed by atoms with Crippen LogP contribution in [0.25, 0.3) is 0 Å². The first-order valence-corrected chi connectivity index (χ1v) is 7.39. The first-order chi connectivity index (χ1) is 10.2. The number of rotatable bonds is 6. The van der Waals surface area contributed by atoms with Crippen LogP contribution in [0.1, 0.15) is 27.6 Å². The summed E-state index contributed by atoms with van der Waals surface area (Å²) in [6.45, 7) is 0. The summed E-state index contributed by atoms with van der Waals surface area (Å²) in [4.78, 5) is 12.3. The lowest BCUT2D eigenvalue weighted by atomic mass is 10.0. The maximum absolute atomic E-state index is 12.3. The van der Waals surface area contributed by atoms with Crippen LogP contribution in [-0.4, -0.2) is 12.9 Å². The molecule has 0 aromatic heterocycles. The fraction of sp³-hybridized carbons (Fsp3) is 0.176. The number of carbonyl (C=O) groups is 1. The van der Waals surface area contributed by atoms with Gasteiger partial charge in [0.1, 0.15) is 11.2 Å². The third-order valence-corrected chi connectivity index (χ3v) is 3.98. The molecule has 2 rings (SSSR count). The summed E-state index contributed by atoms with van der Waals surface area (Å²) in [6.07, 6.45) is 0.300. The largest absolute Gasteiger partial charge is 0.497 e. The second kappa shape index (κ2) is 7.51. The van der Waals surface area contributed by atoms with Gasteiger partial charge in [0.05, 0.1) is 12.4 Å². The topological polar surface area (TPSA) is 50.1 Å². The molecule has 2 aromatic rings. The number of benzene rings is 2. The summed E-state index contributed by atoms with van der Waals surface area (Å²) >= 11 is 1.11. The maximum atomic E-state index is 12.3. The van der Waals surface area contributed by atoms with E-state index in [4.69, 9.17) is 10.00 Å². The van der Waals surface area contributed by atoms with E-state index >= 15 is 0 Å². The molecule has 4 heteroatoms. The number of thiocyanates is 1. The highest BCUT2D eigenvalue weighted by Crippen LogP contribution is 2.33. The van der Waals surface area contributed by atoms with Gasteiger partial charge in [-0.2, -0.15) is 5.26 Å². The lowest BCUT2D eigenvalue weighted by Gasteiger charge is -2.13. The Bertz CT molecular complexity index is 632. The number of hydrogen-bond donors (Lipinski definition) is 0. The number of ketones is 1. The van der Waals surface area contributed by atoms with Crippen LogP contribution in [0.5, 0.6) is 5.75 Å². The van der Waals surface area contributed by atoms with Gasteiger partial charge in [-0.3, -0.25) is 4.79 Å². The summed E-state index contributed by atoms with van der Waals surface area (Å²) in [6, 6.07) is 16.6. The van der Waals surface area contributed by atoms with Gasteiger partial charge in [-0.25, -0.2) is 0 Å². The van der Waals surface area contributed by atoms with Crippen molar-refractivity contribution in [2.45, 2.75) is 11.7 Å².